The van der Waals surface area contributed by atoms with E-state index in [0.717, 1.165) is 6.07 Å². The van der Waals surface area contributed by atoms with E-state index in [1.54, 1.807) is 6.07 Å². The third-order valence-electron chi connectivity index (χ3n) is 6.43. The zero-order valence-corrected chi connectivity index (χ0v) is 18.7. The van der Waals surface area contributed by atoms with Crippen molar-refractivity contribution in [2.24, 2.45) is 0 Å². The van der Waals surface area contributed by atoms with Gasteiger partial charge in [0.05, 0.1) is 29.3 Å². The number of amides is 1. The molecule has 1 amide bonds. The maximum Gasteiger partial charge on any atom is 0.522 e. The van der Waals surface area contributed by atoms with Crippen LogP contribution >= 0.6 is 11.6 Å². The molecule has 6 rings (SSSR count). The van der Waals surface area contributed by atoms with Crippen LogP contribution in [0.3, 0.4) is 0 Å². The number of rotatable bonds is 7. The molecule has 3 fully saturated rings. The van der Waals surface area contributed by atoms with E-state index in [4.69, 9.17) is 21.1 Å². The molecule has 13 heteroatoms. The number of aromatic nitrogens is 2. The van der Waals surface area contributed by atoms with Gasteiger partial charge < -0.3 is 14.8 Å². The number of fused-ring (bicyclic) bond motifs is 1. The van der Waals surface area contributed by atoms with Gasteiger partial charge in [-0.15, -0.1) is 13.2 Å². The van der Waals surface area contributed by atoms with Crippen LogP contribution in [0.25, 0.3) is 0 Å². The van der Waals surface area contributed by atoms with Crippen molar-refractivity contribution in [2.75, 3.05) is 13.2 Å². The van der Waals surface area contributed by atoms with Crippen LogP contribution in [0.15, 0.2) is 24.4 Å². The molecule has 0 unspecified atom stereocenters. The Balaban J connectivity index is 1.16. The van der Waals surface area contributed by atoms with Crippen molar-refractivity contribution >= 4 is 23.3 Å². The minimum Gasteiger partial charge on any atom is -0.479 e. The highest BCUT2D eigenvalue weighted by atomic mass is 35.5. The quantitative estimate of drug-likeness (QED) is 0.445. The molecule has 0 saturated heterocycles. The van der Waals surface area contributed by atoms with Gasteiger partial charge in [-0.3, -0.25) is 14.3 Å². The summed E-state index contributed by atoms with van der Waals surface area (Å²) in [4.78, 5) is 33.4. The van der Waals surface area contributed by atoms with Gasteiger partial charge in [0.2, 0.25) is 0 Å². The number of ether oxygens (including phenoxy) is 3. The molecule has 1 aromatic heterocycles. The average Bonchev–Trinajstić information content (AvgIpc) is 2.73. The molecule has 2 aromatic rings. The molecule has 3 aliphatic carbocycles. The molecule has 1 aromatic carbocycles. The molecule has 0 radical (unpaired) electrons. The summed E-state index contributed by atoms with van der Waals surface area (Å²) in [5.41, 5.74) is 0.0334. The lowest BCUT2D eigenvalue weighted by Gasteiger charge is -2.70. The van der Waals surface area contributed by atoms with E-state index in [-0.39, 0.29) is 46.6 Å². The SMILES string of the molecule is O=C1C[C@H](C(=O)NC23CC(c4ccnc(OCCOC(F)(F)F)n4)(C2)C3)Oc2cc(F)c(Cl)cc21. The van der Waals surface area contributed by atoms with Gasteiger partial charge in [0.1, 0.15) is 18.2 Å². The number of nitrogens with zero attached hydrogens (tertiary/aromatic N) is 2. The van der Waals surface area contributed by atoms with Crippen LogP contribution in [0.2, 0.25) is 5.02 Å². The average molecular weight is 516 g/mol. The van der Waals surface area contributed by atoms with Crippen molar-refractivity contribution < 1.29 is 41.4 Å². The zero-order valence-electron chi connectivity index (χ0n) is 18.0. The molecule has 3 saturated carbocycles. The lowest BCUT2D eigenvalue weighted by atomic mass is 9.38. The molecule has 2 heterocycles. The normalized spacial score (nSPS) is 26.7. The molecule has 0 spiro atoms. The number of carbonyl (C=O) groups is 2. The summed E-state index contributed by atoms with van der Waals surface area (Å²) in [6.45, 7) is -1.05. The molecule has 35 heavy (non-hydrogen) atoms. The molecular formula is C22H18ClF4N3O5. The Kier molecular flexibility index (Phi) is 5.63. The van der Waals surface area contributed by atoms with Gasteiger partial charge in [0.15, 0.2) is 11.9 Å². The van der Waals surface area contributed by atoms with E-state index in [2.05, 4.69) is 20.0 Å². The minimum atomic E-state index is -4.74. The fourth-order valence-corrected chi connectivity index (χ4v) is 5.16. The second-order valence-electron chi connectivity index (χ2n) is 8.94. The van der Waals surface area contributed by atoms with Crippen LogP contribution in [0.4, 0.5) is 17.6 Å². The number of alkyl halides is 3. The fourth-order valence-electron chi connectivity index (χ4n) is 4.99. The molecular weight excluding hydrogens is 498 g/mol. The van der Waals surface area contributed by atoms with Crippen molar-refractivity contribution in [3.8, 4) is 11.8 Å². The first-order valence-electron chi connectivity index (χ1n) is 10.7. The Bertz CT molecular complexity index is 1190. The number of benzene rings is 1. The van der Waals surface area contributed by atoms with Gasteiger partial charge in [0.25, 0.3) is 5.91 Å². The second-order valence-corrected chi connectivity index (χ2v) is 9.35. The van der Waals surface area contributed by atoms with E-state index in [0.29, 0.717) is 25.0 Å². The molecule has 1 aliphatic heterocycles. The summed E-state index contributed by atoms with van der Waals surface area (Å²) >= 11 is 5.72. The van der Waals surface area contributed by atoms with Crippen molar-refractivity contribution in [2.45, 2.75) is 49.1 Å². The molecule has 2 bridgehead atoms. The zero-order chi connectivity index (χ0) is 25.0. The highest BCUT2D eigenvalue weighted by Crippen LogP contribution is 2.67. The van der Waals surface area contributed by atoms with E-state index in [9.17, 15) is 27.2 Å². The molecule has 4 aliphatic rings. The van der Waals surface area contributed by atoms with E-state index >= 15 is 0 Å². The number of ketones is 1. The standard InChI is InChI=1S/C22H18ClF4N3O5/c23-12-5-11-14(31)7-16(35-15(11)6-13(12)24)18(32)30-21-8-20(9-21,10-21)17-1-2-28-19(29-17)33-3-4-34-22(25,26)27/h1-2,5-6,16H,3-4,7-10H2,(H,30,32)/t16-,20?,21?/m1/s1. The molecule has 1 atom stereocenters. The summed E-state index contributed by atoms with van der Waals surface area (Å²) in [6.07, 6.45) is -2.80. The molecule has 1 N–H and O–H groups in total. The maximum atomic E-state index is 13.8. The third-order valence-corrected chi connectivity index (χ3v) is 6.72. The van der Waals surface area contributed by atoms with E-state index in [1.165, 1.54) is 12.3 Å². The Morgan fingerprint density at radius 2 is 2.00 bits per heavy atom. The molecule has 186 valence electrons. The summed E-state index contributed by atoms with van der Waals surface area (Å²) in [5, 5.41) is 2.74. The molecule has 8 nitrogen and oxygen atoms in total. The third kappa shape index (κ3) is 4.52. The van der Waals surface area contributed by atoms with Crippen molar-refractivity contribution in [1.82, 2.24) is 15.3 Å². The van der Waals surface area contributed by atoms with Crippen LogP contribution in [0.5, 0.6) is 11.8 Å². The van der Waals surface area contributed by atoms with Crippen molar-refractivity contribution in [3.05, 3.63) is 46.5 Å². The van der Waals surface area contributed by atoms with Gasteiger partial charge >= 0.3 is 12.4 Å². The number of hydrogen-bond donors (Lipinski definition) is 1. The topological polar surface area (TPSA) is 99.6 Å². The predicted octanol–water partition coefficient (Wildman–Crippen LogP) is 3.51. The summed E-state index contributed by atoms with van der Waals surface area (Å²) < 4.78 is 64.3. The van der Waals surface area contributed by atoms with E-state index < -0.39 is 36.3 Å². The van der Waals surface area contributed by atoms with Gasteiger partial charge in [-0.25, -0.2) is 9.37 Å². The lowest BCUT2D eigenvalue weighted by molar-refractivity contribution is -0.325. The highest BCUT2D eigenvalue weighted by Gasteiger charge is 2.70. The van der Waals surface area contributed by atoms with Gasteiger partial charge in [-0.2, -0.15) is 4.98 Å². The number of Topliss-reactive ketones (excluding diaryl/α,β-unsaturated/α-hetero) is 1. The van der Waals surface area contributed by atoms with Crippen molar-refractivity contribution in [1.29, 1.82) is 0 Å². The Hall–Kier alpha value is -2.99. The minimum absolute atomic E-state index is 0.0217. The first kappa shape index (κ1) is 23.7. The Morgan fingerprint density at radius 3 is 2.71 bits per heavy atom. The maximum absolute atomic E-state index is 13.8. The van der Waals surface area contributed by atoms with E-state index in [1.807, 2.05) is 0 Å². The number of halogens is 5. The summed E-state index contributed by atoms with van der Waals surface area (Å²) in [7, 11) is 0. The second kappa shape index (κ2) is 8.30. The Morgan fingerprint density at radius 1 is 1.26 bits per heavy atom. The number of hydrogen-bond acceptors (Lipinski definition) is 7. The Labute approximate surface area is 200 Å². The fraction of sp³-hybridized carbons (Fsp3) is 0.455. The van der Waals surface area contributed by atoms with Gasteiger partial charge in [0, 0.05) is 23.2 Å². The smallest absolute Gasteiger partial charge is 0.479 e. The van der Waals surface area contributed by atoms with Gasteiger partial charge in [-0.05, 0) is 31.4 Å². The predicted molar refractivity (Wildman–Crippen MR) is 111 cm³/mol. The van der Waals surface area contributed by atoms with Crippen molar-refractivity contribution in [3.63, 3.8) is 0 Å². The van der Waals surface area contributed by atoms with Crippen LogP contribution in [0.1, 0.15) is 41.7 Å². The highest BCUT2D eigenvalue weighted by molar-refractivity contribution is 6.31. The first-order chi connectivity index (χ1) is 16.5. The summed E-state index contributed by atoms with van der Waals surface area (Å²) in [5.74, 6) is -1.60. The van der Waals surface area contributed by atoms with Crippen LogP contribution in [0, 0.1) is 5.82 Å². The largest absolute Gasteiger partial charge is 0.522 e. The van der Waals surface area contributed by atoms with Crippen LogP contribution in [-0.2, 0) is 14.9 Å². The monoisotopic (exact) mass is 515 g/mol. The first-order valence-corrected chi connectivity index (χ1v) is 11.0. The van der Waals surface area contributed by atoms with Crippen LogP contribution < -0.4 is 14.8 Å². The number of carbonyl (C=O) groups excluding carboxylic acids is 2. The lowest BCUT2D eigenvalue weighted by Crippen LogP contribution is -2.77. The summed E-state index contributed by atoms with van der Waals surface area (Å²) in [6, 6.07) is 3.83. The van der Waals surface area contributed by atoms with Gasteiger partial charge in [-0.1, -0.05) is 11.6 Å². The number of nitrogens with one attached hydrogen (secondary N) is 1. The van der Waals surface area contributed by atoms with Crippen LogP contribution in [-0.4, -0.2) is 52.9 Å².